The Kier molecular flexibility index (Phi) is 4.98. The van der Waals surface area contributed by atoms with Gasteiger partial charge in [0.15, 0.2) is 5.78 Å². The summed E-state index contributed by atoms with van der Waals surface area (Å²) in [6.07, 6.45) is 0. The van der Waals surface area contributed by atoms with Crippen LogP contribution in [0, 0.1) is 0 Å². The molecule has 132 valence electrons. The van der Waals surface area contributed by atoms with E-state index in [9.17, 15) is 9.59 Å². The number of carbonyl (C=O) groups is 2. The third-order valence-corrected chi connectivity index (χ3v) is 4.08. The van der Waals surface area contributed by atoms with Crippen LogP contribution in [0.1, 0.15) is 53.2 Å². The maximum Gasteiger partial charge on any atom is 0.274 e. The second-order valence-corrected chi connectivity index (χ2v) is 6.45. The van der Waals surface area contributed by atoms with Crippen LogP contribution in [0.2, 0.25) is 0 Å². The highest BCUT2D eigenvalue weighted by Crippen LogP contribution is 2.20. The van der Waals surface area contributed by atoms with Gasteiger partial charge in [-0.2, -0.15) is 5.10 Å². The second-order valence-electron chi connectivity index (χ2n) is 6.45. The summed E-state index contributed by atoms with van der Waals surface area (Å²) in [6, 6.07) is 18.3. The summed E-state index contributed by atoms with van der Waals surface area (Å²) in [4.78, 5) is 24.4. The summed E-state index contributed by atoms with van der Waals surface area (Å²) >= 11 is 0. The molecule has 1 heterocycles. The molecule has 2 aromatic carbocycles. The van der Waals surface area contributed by atoms with E-state index in [1.807, 2.05) is 50.2 Å². The summed E-state index contributed by atoms with van der Waals surface area (Å²) < 4.78 is 1.65. The monoisotopic (exact) mass is 347 g/mol. The first-order chi connectivity index (χ1) is 12.5. The summed E-state index contributed by atoms with van der Waals surface area (Å²) in [5, 5.41) is 7.45. The lowest BCUT2D eigenvalue weighted by Gasteiger charge is -2.09. The molecule has 0 atom stereocenters. The zero-order chi connectivity index (χ0) is 18.7. The number of Topliss-reactive ketones (excluding diaryl/α,β-unsaturated/α-hetero) is 1. The number of para-hydroxylation sites is 1. The molecular formula is C21H21N3O2. The number of amides is 1. The smallest absolute Gasteiger partial charge is 0.274 e. The van der Waals surface area contributed by atoms with Gasteiger partial charge in [0, 0.05) is 11.3 Å². The van der Waals surface area contributed by atoms with Crippen molar-refractivity contribution in [2.24, 2.45) is 0 Å². The van der Waals surface area contributed by atoms with Crippen LogP contribution in [0.25, 0.3) is 5.69 Å². The van der Waals surface area contributed by atoms with Crippen molar-refractivity contribution >= 4 is 17.4 Å². The third-order valence-electron chi connectivity index (χ3n) is 4.08. The zero-order valence-corrected chi connectivity index (χ0v) is 15.1. The number of hydrogen-bond acceptors (Lipinski definition) is 3. The lowest BCUT2D eigenvalue weighted by Crippen LogP contribution is -2.17. The molecule has 5 nitrogen and oxygen atoms in total. The van der Waals surface area contributed by atoms with Crippen LogP contribution in [-0.2, 0) is 0 Å². The van der Waals surface area contributed by atoms with E-state index < -0.39 is 0 Å². The van der Waals surface area contributed by atoms with Gasteiger partial charge in [0.1, 0.15) is 5.69 Å². The van der Waals surface area contributed by atoms with E-state index in [2.05, 4.69) is 10.4 Å². The Morgan fingerprint density at radius 3 is 2.38 bits per heavy atom. The summed E-state index contributed by atoms with van der Waals surface area (Å²) in [7, 11) is 0. The molecule has 3 aromatic rings. The van der Waals surface area contributed by atoms with E-state index in [4.69, 9.17) is 0 Å². The van der Waals surface area contributed by atoms with E-state index in [1.54, 1.807) is 28.9 Å². The number of rotatable bonds is 5. The Balaban J connectivity index is 1.96. The first-order valence-electron chi connectivity index (χ1n) is 8.53. The first kappa shape index (κ1) is 17.6. The predicted molar refractivity (Wildman–Crippen MR) is 102 cm³/mol. The average Bonchev–Trinajstić information content (AvgIpc) is 3.08. The minimum absolute atomic E-state index is 0.0440. The van der Waals surface area contributed by atoms with Crippen molar-refractivity contribution in [3.8, 4) is 5.69 Å². The third kappa shape index (κ3) is 3.72. The minimum Gasteiger partial charge on any atom is -0.321 e. The van der Waals surface area contributed by atoms with Crippen molar-refractivity contribution < 1.29 is 9.59 Å². The van der Waals surface area contributed by atoms with Crippen molar-refractivity contribution in [2.75, 3.05) is 5.32 Å². The van der Waals surface area contributed by atoms with E-state index in [-0.39, 0.29) is 17.6 Å². The zero-order valence-electron chi connectivity index (χ0n) is 15.1. The molecule has 3 rings (SSSR count). The summed E-state index contributed by atoms with van der Waals surface area (Å²) in [5.74, 6) is -0.112. The largest absolute Gasteiger partial charge is 0.321 e. The molecule has 0 saturated carbocycles. The molecule has 0 saturated heterocycles. The van der Waals surface area contributed by atoms with Crippen LogP contribution in [0.5, 0.6) is 0 Å². The normalized spacial score (nSPS) is 10.8. The van der Waals surface area contributed by atoms with Crippen molar-refractivity contribution in [2.45, 2.75) is 26.7 Å². The standard InChI is InChI=1S/C21H21N3O2/c1-14(2)19-13-20(24(23-19)18-10-5-4-6-11-18)21(26)22-17-9-7-8-16(12-17)15(3)25/h4-14H,1-3H3,(H,22,26). The number of benzene rings is 2. The predicted octanol–water partition coefficient (Wildman–Crippen LogP) is 4.45. The molecule has 0 fully saturated rings. The molecule has 1 aromatic heterocycles. The molecule has 0 aliphatic rings. The number of anilines is 1. The van der Waals surface area contributed by atoms with Crippen LogP contribution in [0.15, 0.2) is 60.7 Å². The number of aromatic nitrogens is 2. The van der Waals surface area contributed by atoms with Crippen molar-refractivity contribution in [3.05, 3.63) is 77.6 Å². The molecule has 26 heavy (non-hydrogen) atoms. The summed E-state index contributed by atoms with van der Waals surface area (Å²) in [6.45, 7) is 5.58. The highest BCUT2D eigenvalue weighted by molar-refractivity contribution is 6.04. The number of ketones is 1. The minimum atomic E-state index is -0.269. The summed E-state index contributed by atoms with van der Waals surface area (Å²) in [5.41, 5.74) is 3.25. The van der Waals surface area contributed by atoms with Crippen LogP contribution >= 0.6 is 0 Å². The topological polar surface area (TPSA) is 64.0 Å². The van der Waals surface area contributed by atoms with Gasteiger partial charge in [-0.25, -0.2) is 4.68 Å². The van der Waals surface area contributed by atoms with Gasteiger partial charge in [0.05, 0.1) is 11.4 Å². The Morgan fingerprint density at radius 1 is 1.00 bits per heavy atom. The maximum absolute atomic E-state index is 12.9. The number of hydrogen-bond donors (Lipinski definition) is 1. The van der Waals surface area contributed by atoms with Gasteiger partial charge in [0.2, 0.25) is 0 Å². The van der Waals surface area contributed by atoms with Gasteiger partial charge in [-0.3, -0.25) is 9.59 Å². The molecule has 0 unspecified atom stereocenters. The maximum atomic E-state index is 12.9. The Hall–Kier alpha value is -3.21. The van der Waals surface area contributed by atoms with E-state index in [0.717, 1.165) is 11.4 Å². The van der Waals surface area contributed by atoms with Gasteiger partial charge < -0.3 is 5.32 Å². The van der Waals surface area contributed by atoms with Crippen LogP contribution in [-0.4, -0.2) is 21.5 Å². The number of nitrogens with one attached hydrogen (secondary N) is 1. The Labute approximate surface area is 152 Å². The SMILES string of the molecule is CC(=O)c1cccc(NC(=O)c2cc(C(C)C)nn2-c2ccccc2)c1. The van der Waals surface area contributed by atoms with Crippen molar-refractivity contribution in [1.29, 1.82) is 0 Å². The molecule has 0 bridgehead atoms. The molecule has 1 amide bonds. The molecule has 0 radical (unpaired) electrons. The average molecular weight is 347 g/mol. The van der Waals surface area contributed by atoms with E-state index in [1.165, 1.54) is 6.92 Å². The lowest BCUT2D eigenvalue weighted by atomic mass is 10.1. The number of nitrogens with zero attached hydrogens (tertiary/aromatic N) is 2. The number of carbonyl (C=O) groups excluding carboxylic acids is 2. The molecule has 0 aliphatic heterocycles. The van der Waals surface area contributed by atoms with Gasteiger partial charge in [-0.15, -0.1) is 0 Å². The Morgan fingerprint density at radius 2 is 1.73 bits per heavy atom. The van der Waals surface area contributed by atoms with Crippen LogP contribution < -0.4 is 5.32 Å². The fourth-order valence-electron chi connectivity index (χ4n) is 2.62. The van der Waals surface area contributed by atoms with Gasteiger partial charge in [-0.05, 0) is 43.2 Å². The van der Waals surface area contributed by atoms with E-state index >= 15 is 0 Å². The van der Waals surface area contributed by atoms with Crippen LogP contribution in [0.3, 0.4) is 0 Å². The van der Waals surface area contributed by atoms with E-state index in [0.29, 0.717) is 16.9 Å². The lowest BCUT2D eigenvalue weighted by molar-refractivity contribution is 0.100. The fraction of sp³-hybridized carbons (Fsp3) is 0.190. The van der Waals surface area contributed by atoms with Gasteiger partial charge in [-0.1, -0.05) is 44.2 Å². The van der Waals surface area contributed by atoms with Crippen LogP contribution in [0.4, 0.5) is 5.69 Å². The molecule has 5 heteroatoms. The molecule has 1 N–H and O–H groups in total. The highest BCUT2D eigenvalue weighted by Gasteiger charge is 2.18. The van der Waals surface area contributed by atoms with Crippen molar-refractivity contribution in [1.82, 2.24) is 9.78 Å². The van der Waals surface area contributed by atoms with Gasteiger partial charge in [0.25, 0.3) is 5.91 Å². The van der Waals surface area contributed by atoms with Gasteiger partial charge >= 0.3 is 0 Å². The first-order valence-corrected chi connectivity index (χ1v) is 8.53. The molecule has 0 aliphatic carbocycles. The Bertz CT molecular complexity index is 943. The molecule has 0 spiro atoms. The second kappa shape index (κ2) is 7.35. The fourth-order valence-corrected chi connectivity index (χ4v) is 2.62. The van der Waals surface area contributed by atoms with Crippen molar-refractivity contribution in [3.63, 3.8) is 0 Å². The quantitative estimate of drug-likeness (QED) is 0.694. The highest BCUT2D eigenvalue weighted by atomic mass is 16.2. The molecular weight excluding hydrogens is 326 g/mol.